The molecule has 0 radical (unpaired) electrons. The van der Waals surface area contributed by atoms with Gasteiger partial charge in [0.25, 0.3) is 0 Å². The zero-order valence-corrected chi connectivity index (χ0v) is 13.6. The Kier molecular flexibility index (Phi) is 6.48. The van der Waals surface area contributed by atoms with Gasteiger partial charge in [0.05, 0.1) is 10.5 Å². The van der Waals surface area contributed by atoms with Gasteiger partial charge in [0.15, 0.2) is 0 Å². The molecule has 2 N–H and O–H groups in total. The SMILES string of the molecule is CCC(CC)(CCO)CNS(=O)(=O)c1ccc(F)c(C#N)c1. The van der Waals surface area contributed by atoms with Crippen LogP contribution in [0.25, 0.3) is 0 Å². The first-order chi connectivity index (χ1) is 10.3. The summed E-state index contributed by atoms with van der Waals surface area (Å²) >= 11 is 0. The summed E-state index contributed by atoms with van der Waals surface area (Å²) in [4.78, 5) is -0.143. The molecule has 0 saturated heterocycles. The van der Waals surface area contributed by atoms with Crippen LogP contribution in [0.4, 0.5) is 4.39 Å². The van der Waals surface area contributed by atoms with E-state index in [4.69, 9.17) is 10.4 Å². The molecule has 0 aliphatic carbocycles. The van der Waals surface area contributed by atoms with Gasteiger partial charge < -0.3 is 5.11 Å². The van der Waals surface area contributed by atoms with Crippen molar-refractivity contribution >= 4 is 10.0 Å². The molecule has 1 aromatic rings. The van der Waals surface area contributed by atoms with Crippen LogP contribution < -0.4 is 4.72 Å². The Hall–Kier alpha value is -1.49. The summed E-state index contributed by atoms with van der Waals surface area (Å²) in [6.07, 6.45) is 1.94. The minimum atomic E-state index is -3.83. The number of hydrogen-bond acceptors (Lipinski definition) is 4. The zero-order chi connectivity index (χ0) is 16.8. The third-order valence-electron chi connectivity index (χ3n) is 4.15. The van der Waals surface area contributed by atoms with Crippen LogP contribution in [0.2, 0.25) is 0 Å². The van der Waals surface area contributed by atoms with E-state index < -0.39 is 15.8 Å². The predicted octanol–water partition coefficient (Wildman–Crippen LogP) is 2.16. The van der Waals surface area contributed by atoms with Crippen molar-refractivity contribution in [3.8, 4) is 6.07 Å². The van der Waals surface area contributed by atoms with Crippen molar-refractivity contribution < 1.29 is 17.9 Å². The van der Waals surface area contributed by atoms with Gasteiger partial charge in [0.2, 0.25) is 10.0 Å². The Morgan fingerprint density at radius 1 is 1.36 bits per heavy atom. The number of sulfonamides is 1. The minimum absolute atomic E-state index is 0.0153. The van der Waals surface area contributed by atoms with E-state index in [0.29, 0.717) is 6.42 Å². The number of aliphatic hydroxyl groups excluding tert-OH is 1. The second kappa shape index (κ2) is 7.68. The van der Waals surface area contributed by atoms with Gasteiger partial charge in [0.1, 0.15) is 11.9 Å². The molecule has 0 amide bonds. The van der Waals surface area contributed by atoms with E-state index in [9.17, 15) is 12.8 Å². The first kappa shape index (κ1) is 18.6. The van der Waals surface area contributed by atoms with Gasteiger partial charge in [-0.3, -0.25) is 0 Å². The predicted molar refractivity (Wildman–Crippen MR) is 81.0 cm³/mol. The molecule has 5 nitrogen and oxygen atoms in total. The number of benzene rings is 1. The van der Waals surface area contributed by atoms with Gasteiger partial charge in [0, 0.05) is 13.2 Å². The summed E-state index contributed by atoms with van der Waals surface area (Å²) in [6, 6.07) is 4.73. The first-order valence-electron chi connectivity index (χ1n) is 7.14. The molecule has 7 heteroatoms. The summed E-state index contributed by atoms with van der Waals surface area (Å²) in [5, 5.41) is 17.9. The molecule has 0 heterocycles. The van der Waals surface area contributed by atoms with Gasteiger partial charge >= 0.3 is 0 Å². The van der Waals surface area contributed by atoms with Gasteiger partial charge in [-0.05, 0) is 42.9 Å². The largest absolute Gasteiger partial charge is 0.396 e. The van der Waals surface area contributed by atoms with Crippen molar-refractivity contribution in [2.45, 2.75) is 38.0 Å². The number of nitrogens with one attached hydrogen (secondary N) is 1. The summed E-state index contributed by atoms with van der Waals surface area (Å²) < 4.78 is 40.4. The number of nitrogens with zero attached hydrogens (tertiary/aromatic N) is 1. The second-order valence-electron chi connectivity index (χ2n) is 5.26. The zero-order valence-electron chi connectivity index (χ0n) is 12.8. The first-order valence-corrected chi connectivity index (χ1v) is 8.62. The summed E-state index contributed by atoms with van der Waals surface area (Å²) in [7, 11) is -3.83. The van der Waals surface area contributed by atoms with Crippen molar-refractivity contribution in [1.29, 1.82) is 5.26 Å². The Morgan fingerprint density at radius 3 is 2.50 bits per heavy atom. The second-order valence-corrected chi connectivity index (χ2v) is 7.03. The topological polar surface area (TPSA) is 90.2 Å². The molecule has 1 aromatic carbocycles. The molecule has 0 aliphatic heterocycles. The number of rotatable bonds is 8. The summed E-state index contributed by atoms with van der Waals surface area (Å²) in [6.45, 7) is 4.05. The van der Waals surface area contributed by atoms with E-state index in [-0.39, 0.29) is 29.0 Å². The van der Waals surface area contributed by atoms with Crippen LogP contribution in [-0.4, -0.2) is 26.7 Å². The average molecular weight is 328 g/mol. The van der Waals surface area contributed by atoms with E-state index >= 15 is 0 Å². The molecule has 0 bridgehead atoms. The van der Waals surface area contributed by atoms with E-state index in [2.05, 4.69) is 4.72 Å². The quantitative estimate of drug-likeness (QED) is 0.765. The van der Waals surface area contributed by atoms with Crippen molar-refractivity contribution in [2.24, 2.45) is 5.41 Å². The average Bonchev–Trinajstić information content (AvgIpc) is 2.52. The Bertz CT molecular complexity index is 649. The standard InChI is InChI=1S/C15H21FN2O3S/c1-3-15(4-2,7-8-19)11-18-22(20,21)13-5-6-14(16)12(9-13)10-17/h5-6,9,18-19H,3-4,7-8,11H2,1-2H3. The highest BCUT2D eigenvalue weighted by Gasteiger charge is 2.28. The van der Waals surface area contributed by atoms with Crippen molar-refractivity contribution in [3.63, 3.8) is 0 Å². The molecule has 0 unspecified atom stereocenters. The molecule has 122 valence electrons. The maximum Gasteiger partial charge on any atom is 0.240 e. The molecule has 0 aromatic heterocycles. The maximum atomic E-state index is 13.3. The third kappa shape index (κ3) is 4.26. The Morgan fingerprint density at radius 2 is 2.00 bits per heavy atom. The fourth-order valence-electron chi connectivity index (χ4n) is 2.27. The smallest absolute Gasteiger partial charge is 0.240 e. The lowest BCUT2D eigenvalue weighted by Gasteiger charge is -2.31. The fraction of sp³-hybridized carbons (Fsp3) is 0.533. The molecule has 1 rings (SSSR count). The molecular formula is C15H21FN2O3S. The van der Waals surface area contributed by atoms with Gasteiger partial charge in [-0.1, -0.05) is 13.8 Å². The van der Waals surface area contributed by atoms with E-state index in [1.807, 2.05) is 13.8 Å². The highest BCUT2D eigenvalue weighted by Crippen LogP contribution is 2.30. The van der Waals surface area contributed by atoms with Crippen LogP contribution in [0.1, 0.15) is 38.7 Å². The van der Waals surface area contributed by atoms with Crippen molar-refractivity contribution in [1.82, 2.24) is 4.72 Å². The van der Waals surface area contributed by atoms with Crippen LogP contribution in [-0.2, 0) is 10.0 Å². The van der Waals surface area contributed by atoms with Crippen LogP contribution in [0.15, 0.2) is 23.1 Å². The molecular weight excluding hydrogens is 307 g/mol. The monoisotopic (exact) mass is 328 g/mol. The highest BCUT2D eigenvalue weighted by molar-refractivity contribution is 7.89. The number of aliphatic hydroxyl groups is 1. The number of nitriles is 1. The van der Waals surface area contributed by atoms with Crippen LogP contribution in [0.3, 0.4) is 0 Å². The van der Waals surface area contributed by atoms with Gasteiger partial charge in [-0.2, -0.15) is 5.26 Å². The molecule has 0 atom stereocenters. The molecule has 0 aliphatic rings. The van der Waals surface area contributed by atoms with E-state index in [0.717, 1.165) is 31.0 Å². The van der Waals surface area contributed by atoms with Crippen molar-refractivity contribution in [2.75, 3.05) is 13.2 Å². The van der Waals surface area contributed by atoms with Crippen molar-refractivity contribution in [3.05, 3.63) is 29.6 Å². The molecule has 0 spiro atoms. The van der Waals surface area contributed by atoms with E-state index in [1.54, 1.807) is 6.07 Å². The lowest BCUT2D eigenvalue weighted by atomic mass is 9.80. The highest BCUT2D eigenvalue weighted by atomic mass is 32.2. The van der Waals surface area contributed by atoms with Gasteiger partial charge in [-0.25, -0.2) is 17.5 Å². The lowest BCUT2D eigenvalue weighted by Crippen LogP contribution is -2.37. The number of hydrogen-bond donors (Lipinski definition) is 2. The minimum Gasteiger partial charge on any atom is -0.396 e. The Labute approximate surface area is 130 Å². The van der Waals surface area contributed by atoms with Crippen LogP contribution in [0.5, 0.6) is 0 Å². The summed E-state index contributed by atoms with van der Waals surface area (Å²) in [5.74, 6) is -0.752. The normalized spacial score (nSPS) is 12.1. The molecule has 0 fully saturated rings. The van der Waals surface area contributed by atoms with Crippen LogP contribution >= 0.6 is 0 Å². The fourth-order valence-corrected chi connectivity index (χ4v) is 3.45. The molecule has 22 heavy (non-hydrogen) atoms. The van der Waals surface area contributed by atoms with Crippen LogP contribution in [0, 0.1) is 22.6 Å². The Balaban J connectivity index is 2.99. The number of halogens is 1. The maximum absolute atomic E-state index is 13.3. The lowest BCUT2D eigenvalue weighted by molar-refractivity contribution is 0.170. The third-order valence-corrected chi connectivity index (χ3v) is 5.55. The van der Waals surface area contributed by atoms with Gasteiger partial charge in [-0.15, -0.1) is 0 Å². The molecule has 0 saturated carbocycles. The summed E-state index contributed by atoms with van der Waals surface area (Å²) in [5.41, 5.74) is -0.629. The van der Waals surface area contributed by atoms with E-state index in [1.165, 1.54) is 0 Å².